The van der Waals surface area contributed by atoms with Crippen molar-refractivity contribution in [2.75, 3.05) is 0 Å². The standard InChI is InChI=1S/C23H19Cl2F7S/c1-14-11-19(2,15-7-3-5-9-17(15)24)13-20(12-14,16-8-4-6-10-18(16)25)33-23(31,32)21(26,27)22(28,29)30/h3-10,12H,11,13H2,1-2H3. The Morgan fingerprint density at radius 2 is 1.30 bits per heavy atom. The molecule has 33 heavy (non-hydrogen) atoms. The van der Waals surface area contributed by atoms with Crippen molar-refractivity contribution in [3.05, 3.63) is 81.4 Å². The summed E-state index contributed by atoms with van der Waals surface area (Å²) in [6.45, 7) is 3.33. The third-order valence-electron chi connectivity index (χ3n) is 5.69. The fourth-order valence-electron chi connectivity index (χ4n) is 4.45. The minimum Gasteiger partial charge on any atom is -0.188 e. The average molecular weight is 531 g/mol. The van der Waals surface area contributed by atoms with Crippen LogP contribution in [0.2, 0.25) is 10.0 Å². The number of hydrogen-bond acceptors (Lipinski definition) is 1. The third-order valence-corrected chi connectivity index (χ3v) is 7.71. The molecule has 0 radical (unpaired) electrons. The first-order valence-electron chi connectivity index (χ1n) is 9.76. The molecule has 0 amide bonds. The number of alkyl halides is 7. The topological polar surface area (TPSA) is 0 Å². The Labute approximate surface area is 201 Å². The molecular formula is C23H19Cl2F7S. The fraction of sp³-hybridized carbons (Fsp3) is 0.391. The van der Waals surface area contributed by atoms with Gasteiger partial charge in [0.2, 0.25) is 0 Å². The lowest BCUT2D eigenvalue weighted by Gasteiger charge is -2.47. The highest BCUT2D eigenvalue weighted by atomic mass is 35.5. The summed E-state index contributed by atoms with van der Waals surface area (Å²) in [7, 11) is 0. The molecule has 2 atom stereocenters. The summed E-state index contributed by atoms with van der Waals surface area (Å²) in [6, 6.07) is 12.4. The Kier molecular flexibility index (Phi) is 6.90. The first-order chi connectivity index (χ1) is 15.0. The number of rotatable bonds is 5. The van der Waals surface area contributed by atoms with Gasteiger partial charge < -0.3 is 0 Å². The summed E-state index contributed by atoms with van der Waals surface area (Å²) in [5, 5.41) is -5.18. The highest BCUT2D eigenvalue weighted by Crippen LogP contribution is 2.63. The highest BCUT2D eigenvalue weighted by Gasteiger charge is 2.75. The van der Waals surface area contributed by atoms with E-state index in [1.165, 1.54) is 30.3 Å². The maximum atomic E-state index is 14.8. The van der Waals surface area contributed by atoms with Crippen molar-refractivity contribution in [1.82, 2.24) is 0 Å². The summed E-state index contributed by atoms with van der Waals surface area (Å²) in [5.74, 6) is -6.26. The summed E-state index contributed by atoms with van der Waals surface area (Å²) in [5.41, 5.74) is 0.170. The SMILES string of the molecule is CC1=CC(SC(F)(F)C(F)(F)C(F)(F)F)(c2ccccc2Cl)CC(C)(c2ccccc2Cl)C1. The van der Waals surface area contributed by atoms with Crippen LogP contribution in [0.3, 0.4) is 0 Å². The summed E-state index contributed by atoms with van der Waals surface area (Å²) in [6.07, 6.45) is -5.02. The van der Waals surface area contributed by atoms with Gasteiger partial charge in [0, 0.05) is 10.0 Å². The van der Waals surface area contributed by atoms with Gasteiger partial charge in [0.25, 0.3) is 0 Å². The van der Waals surface area contributed by atoms with Crippen molar-refractivity contribution in [2.45, 2.75) is 54.2 Å². The van der Waals surface area contributed by atoms with Crippen molar-refractivity contribution < 1.29 is 30.7 Å². The van der Waals surface area contributed by atoms with Crippen LogP contribution in [-0.2, 0) is 10.2 Å². The lowest BCUT2D eigenvalue weighted by atomic mass is 9.66. The van der Waals surface area contributed by atoms with Gasteiger partial charge in [0.05, 0.1) is 4.75 Å². The maximum absolute atomic E-state index is 14.8. The zero-order valence-electron chi connectivity index (χ0n) is 17.4. The van der Waals surface area contributed by atoms with Gasteiger partial charge in [-0.1, -0.05) is 89.9 Å². The van der Waals surface area contributed by atoms with Gasteiger partial charge >= 0.3 is 17.4 Å². The van der Waals surface area contributed by atoms with E-state index < -0.39 is 39.3 Å². The summed E-state index contributed by atoms with van der Waals surface area (Å²) < 4.78 is 94.3. The van der Waals surface area contributed by atoms with Crippen molar-refractivity contribution >= 4 is 35.0 Å². The van der Waals surface area contributed by atoms with Gasteiger partial charge in [-0.3, -0.25) is 0 Å². The van der Waals surface area contributed by atoms with Gasteiger partial charge in [0.1, 0.15) is 0 Å². The first-order valence-corrected chi connectivity index (χ1v) is 11.3. The van der Waals surface area contributed by atoms with E-state index in [0.717, 1.165) is 0 Å². The molecule has 0 spiro atoms. The summed E-state index contributed by atoms with van der Waals surface area (Å²) in [4.78, 5) is 0. The van der Waals surface area contributed by atoms with Crippen molar-refractivity contribution in [2.24, 2.45) is 0 Å². The van der Waals surface area contributed by atoms with Gasteiger partial charge in [-0.05, 0) is 48.4 Å². The second kappa shape index (κ2) is 8.68. The molecule has 0 N–H and O–H groups in total. The van der Waals surface area contributed by atoms with E-state index in [2.05, 4.69) is 0 Å². The van der Waals surface area contributed by atoms with Crippen molar-refractivity contribution in [3.63, 3.8) is 0 Å². The molecule has 10 heteroatoms. The van der Waals surface area contributed by atoms with Crippen LogP contribution in [0.25, 0.3) is 0 Å². The Bertz CT molecular complexity index is 1070. The van der Waals surface area contributed by atoms with Gasteiger partial charge in [0.15, 0.2) is 0 Å². The quantitative estimate of drug-likeness (QED) is 0.274. The third kappa shape index (κ3) is 4.76. The second-order valence-corrected chi connectivity index (χ2v) is 10.7. The monoisotopic (exact) mass is 530 g/mol. The van der Waals surface area contributed by atoms with Crippen molar-refractivity contribution in [3.8, 4) is 0 Å². The van der Waals surface area contributed by atoms with Gasteiger partial charge in [-0.2, -0.15) is 30.7 Å². The molecule has 1 aliphatic carbocycles. The minimum atomic E-state index is -6.44. The van der Waals surface area contributed by atoms with Crippen LogP contribution in [0.5, 0.6) is 0 Å². The molecular weight excluding hydrogens is 512 g/mol. The smallest absolute Gasteiger partial charge is 0.188 e. The maximum Gasteiger partial charge on any atom is 0.460 e. The van der Waals surface area contributed by atoms with Crippen LogP contribution < -0.4 is 0 Å². The van der Waals surface area contributed by atoms with Crippen LogP contribution in [0.4, 0.5) is 30.7 Å². The predicted molar refractivity (Wildman–Crippen MR) is 118 cm³/mol. The molecule has 0 saturated carbocycles. The number of hydrogen-bond donors (Lipinski definition) is 0. The van der Waals surface area contributed by atoms with E-state index in [9.17, 15) is 30.7 Å². The molecule has 2 aromatic rings. The Hall–Kier alpha value is -1.38. The normalized spacial score (nSPS) is 24.5. The Morgan fingerprint density at radius 3 is 1.79 bits per heavy atom. The molecule has 0 aromatic heterocycles. The predicted octanol–water partition coefficient (Wildman–Crippen LogP) is 9.41. The Morgan fingerprint density at radius 1 is 0.818 bits per heavy atom. The average Bonchev–Trinajstić information content (AvgIpc) is 2.66. The number of allylic oxidation sites excluding steroid dienone is 1. The molecule has 0 fully saturated rings. The largest absolute Gasteiger partial charge is 0.460 e. The lowest BCUT2D eigenvalue weighted by Crippen LogP contribution is -2.52. The number of halogens is 9. The molecule has 180 valence electrons. The molecule has 0 aliphatic heterocycles. The number of benzene rings is 2. The van der Waals surface area contributed by atoms with Crippen LogP contribution in [0, 0.1) is 0 Å². The molecule has 0 saturated heterocycles. The van der Waals surface area contributed by atoms with E-state index in [-0.39, 0.29) is 17.0 Å². The molecule has 2 unspecified atom stereocenters. The van der Waals surface area contributed by atoms with E-state index >= 15 is 0 Å². The fourth-order valence-corrected chi connectivity index (χ4v) is 6.82. The first kappa shape index (κ1) is 26.2. The zero-order chi connectivity index (χ0) is 24.9. The summed E-state index contributed by atoms with van der Waals surface area (Å²) >= 11 is 11.9. The molecule has 2 aromatic carbocycles. The molecule has 0 bridgehead atoms. The molecule has 1 aliphatic rings. The highest BCUT2D eigenvalue weighted by molar-refractivity contribution is 8.01. The van der Waals surface area contributed by atoms with Gasteiger partial charge in [-0.25, -0.2) is 0 Å². The minimum absolute atomic E-state index is 0.0200. The second-order valence-electron chi connectivity index (χ2n) is 8.45. The van der Waals surface area contributed by atoms with Crippen LogP contribution in [-0.4, -0.2) is 17.4 Å². The van der Waals surface area contributed by atoms with E-state index in [1.807, 2.05) is 0 Å². The molecule has 0 heterocycles. The van der Waals surface area contributed by atoms with E-state index in [1.54, 1.807) is 38.1 Å². The number of thioether (sulfide) groups is 1. The van der Waals surface area contributed by atoms with Crippen LogP contribution >= 0.6 is 35.0 Å². The lowest BCUT2D eigenvalue weighted by molar-refractivity contribution is -0.330. The van der Waals surface area contributed by atoms with Gasteiger partial charge in [-0.15, -0.1) is 0 Å². The van der Waals surface area contributed by atoms with Crippen LogP contribution in [0.15, 0.2) is 60.2 Å². The van der Waals surface area contributed by atoms with E-state index in [0.29, 0.717) is 22.6 Å². The Balaban J connectivity index is 2.24. The zero-order valence-corrected chi connectivity index (χ0v) is 19.7. The molecule has 0 nitrogen and oxygen atoms in total. The van der Waals surface area contributed by atoms with Crippen LogP contribution in [0.1, 0.15) is 37.8 Å². The van der Waals surface area contributed by atoms with Crippen molar-refractivity contribution in [1.29, 1.82) is 0 Å². The molecule has 3 rings (SSSR count). The van der Waals surface area contributed by atoms with E-state index in [4.69, 9.17) is 23.2 Å².